The predicted molar refractivity (Wildman–Crippen MR) is 127 cm³/mol. The van der Waals surface area contributed by atoms with E-state index in [0.717, 1.165) is 11.7 Å². The minimum Gasteiger partial charge on any atom is -0.490 e. The van der Waals surface area contributed by atoms with Crippen molar-refractivity contribution in [1.82, 2.24) is 0 Å². The molecule has 1 saturated carbocycles. The van der Waals surface area contributed by atoms with Crippen LogP contribution in [0.15, 0.2) is 60.7 Å². The van der Waals surface area contributed by atoms with E-state index in [1.165, 1.54) is 51.4 Å². The van der Waals surface area contributed by atoms with E-state index >= 15 is 0 Å². The van der Waals surface area contributed by atoms with Crippen molar-refractivity contribution in [1.29, 1.82) is 0 Å². The molecule has 166 valence electrons. The van der Waals surface area contributed by atoms with Crippen molar-refractivity contribution in [2.45, 2.75) is 58.3 Å². The number of rotatable bonds is 10. The molecule has 0 N–H and O–H groups in total. The second kappa shape index (κ2) is 12.6. The first-order chi connectivity index (χ1) is 15.1. The summed E-state index contributed by atoms with van der Waals surface area (Å²) in [5, 5.41) is 0.602. The number of ether oxygens (including phenoxy) is 2. The summed E-state index contributed by atoms with van der Waals surface area (Å²) in [5.41, 5.74) is 0.480. The summed E-state index contributed by atoms with van der Waals surface area (Å²) >= 11 is 5.85. The van der Waals surface area contributed by atoms with Gasteiger partial charge in [0.25, 0.3) is 0 Å². The van der Waals surface area contributed by atoms with E-state index in [-0.39, 0.29) is 0 Å². The maximum atomic E-state index is 12.2. The van der Waals surface area contributed by atoms with Crippen LogP contribution in [0.5, 0.6) is 11.5 Å². The minimum atomic E-state index is -0.404. The molecule has 1 fully saturated rings. The van der Waals surface area contributed by atoms with Crippen LogP contribution in [-0.2, 0) is 0 Å². The lowest BCUT2D eigenvalue weighted by atomic mass is 9.79. The summed E-state index contributed by atoms with van der Waals surface area (Å²) in [6.07, 6.45) is 15.3. The zero-order valence-electron chi connectivity index (χ0n) is 18.4. The quantitative estimate of drug-likeness (QED) is 0.163. The normalized spacial score (nSPS) is 18.8. The van der Waals surface area contributed by atoms with Gasteiger partial charge < -0.3 is 9.47 Å². The summed E-state index contributed by atoms with van der Waals surface area (Å²) in [5.74, 6) is 2.44. The van der Waals surface area contributed by atoms with Gasteiger partial charge >= 0.3 is 5.97 Å². The summed E-state index contributed by atoms with van der Waals surface area (Å²) < 4.78 is 11.1. The highest BCUT2D eigenvalue weighted by atomic mass is 35.5. The third kappa shape index (κ3) is 8.06. The second-order valence-corrected chi connectivity index (χ2v) is 8.82. The Morgan fingerprint density at radius 3 is 2.32 bits per heavy atom. The van der Waals surface area contributed by atoms with Crippen LogP contribution < -0.4 is 9.47 Å². The van der Waals surface area contributed by atoms with Gasteiger partial charge in [-0.15, -0.1) is 0 Å². The maximum Gasteiger partial charge on any atom is 0.343 e. The second-order valence-electron chi connectivity index (χ2n) is 8.38. The van der Waals surface area contributed by atoms with Gasteiger partial charge in [-0.1, -0.05) is 56.4 Å². The van der Waals surface area contributed by atoms with Crippen molar-refractivity contribution < 1.29 is 14.3 Å². The fraction of sp³-hybridized carbons (Fsp3) is 0.444. The number of halogens is 1. The molecule has 4 heteroatoms. The van der Waals surface area contributed by atoms with Crippen LogP contribution in [0.1, 0.15) is 68.6 Å². The molecule has 31 heavy (non-hydrogen) atoms. The lowest BCUT2D eigenvalue weighted by Crippen LogP contribution is -2.13. The Bertz CT molecular complexity index is 819. The molecule has 1 aliphatic rings. The van der Waals surface area contributed by atoms with E-state index in [0.29, 0.717) is 28.9 Å². The highest BCUT2D eigenvalue weighted by Crippen LogP contribution is 2.32. The molecular weight excluding hydrogens is 408 g/mol. The Labute approximate surface area is 191 Å². The third-order valence-electron chi connectivity index (χ3n) is 5.98. The number of unbranched alkanes of at least 4 members (excludes halogenated alkanes) is 2. The topological polar surface area (TPSA) is 35.5 Å². The van der Waals surface area contributed by atoms with Crippen LogP contribution in [0.2, 0.25) is 5.02 Å². The fourth-order valence-electron chi connectivity index (χ4n) is 4.10. The van der Waals surface area contributed by atoms with Crippen LogP contribution in [0, 0.1) is 11.8 Å². The average molecular weight is 441 g/mol. The first-order valence-corrected chi connectivity index (χ1v) is 11.9. The van der Waals surface area contributed by atoms with Crippen LogP contribution >= 0.6 is 11.6 Å². The molecule has 0 heterocycles. The van der Waals surface area contributed by atoms with Gasteiger partial charge in [0.15, 0.2) is 0 Å². The molecule has 3 rings (SSSR count). The van der Waals surface area contributed by atoms with E-state index in [1.807, 2.05) is 0 Å². The monoisotopic (exact) mass is 440 g/mol. The van der Waals surface area contributed by atoms with Crippen LogP contribution in [-0.4, -0.2) is 12.6 Å². The molecule has 0 bridgehead atoms. The van der Waals surface area contributed by atoms with Gasteiger partial charge in [0.05, 0.1) is 5.56 Å². The first-order valence-electron chi connectivity index (χ1n) is 11.5. The zero-order chi connectivity index (χ0) is 21.9. The summed E-state index contributed by atoms with van der Waals surface area (Å²) in [6.45, 7) is 2.82. The van der Waals surface area contributed by atoms with Crippen LogP contribution in [0.25, 0.3) is 0 Å². The maximum absolute atomic E-state index is 12.2. The van der Waals surface area contributed by atoms with Gasteiger partial charge in [0.2, 0.25) is 0 Å². The Hall–Kier alpha value is -2.26. The molecule has 0 spiro atoms. The van der Waals surface area contributed by atoms with Crippen LogP contribution in [0.3, 0.4) is 0 Å². The van der Waals surface area contributed by atoms with E-state index in [2.05, 4.69) is 19.1 Å². The highest BCUT2D eigenvalue weighted by Gasteiger charge is 2.18. The zero-order valence-corrected chi connectivity index (χ0v) is 19.2. The molecule has 3 nitrogen and oxygen atoms in total. The Balaban J connectivity index is 1.36. The Kier molecular flexibility index (Phi) is 9.48. The molecule has 0 atom stereocenters. The minimum absolute atomic E-state index is 0.404. The van der Waals surface area contributed by atoms with Crippen molar-refractivity contribution in [3.05, 3.63) is 71.3 Å². The fourth-order valence-corrected chi connectivity index (χ4v) is 4.23. The number of benzene rings is 2. The summed E-state index contributed by atoms with van der Waals surface area (Å²) in [7, 11) is 0. The van der Waals surface area contributed by atoms with Gasteiger partial charge in [0, 0.05) is 5.02 Å². The molecule has 2 aromatic rings. The van der Waals surface area contributed by atoms with E-state index in [9.17, 15) is 4.79 Å². The van der Waals surface area contributed by atoms with Gasteiger partial charge in [-0.2, -0.15) is 0 Å². The van der Waals surface area contributed by atoms with Crippen LogP contribution in [0.4, 0.5) is 0 Å². The molecule has 0 aliphatic heterocycles. The van der Waals surface area contributed by atoms with Crippen molar-refractivity contribution in [2.24, 2.45) is 11.8 Å². The molecule has 0 amide bonds. The summed E-state index contributed by atoms with van der Waals surface area (Å²) in [6, 6.07) is 13.8. The first kappa shape index (κ1) is 23.4. The van der Waals surface area contributed by atoms with Crippen molar-refractivity contribution >= 4 is 17.6 Å². The molecule has 0 unspecified atom stereocenters. The van der Waals surface area contributed by atoms with Gasteiger partial charge in [0.1, 0.15) is 18.1 Å². The lowest BCUT2D eigenvalue weighted by Gasteiger charge is -2.26. The van der Waals surface area contributed by atoms with Gasteiger partial charge in [-0.3, -0.25) is 0 Å². The van der Waals surface area contributed by atoms with Crippen molar-refractivity contribution in [3.63, 3.8) is 0 Å². The van der Waals surface area contributed by atoms with Gasteiger partial charge in [-0.25, -0.2) is 4.79 Å². The Morgan fingerprint density at radius 2 is 1.65 bits per heavy atom. The molecule has 2 aromatic carbocycles. The van der Waals surface area contributed by atoms with Crippen molar-refractivity contribution in [3.8, 4) is 11.5 Å². The number of carbonyl (C=O) groups excluding carboxylic acids is 1. The van der Waals surface area contributed by atoms with E-state index in [1.54, 1.807) is 48.5 Å². The smallest absolute Gasteiger partial charge is 0.343 e. The number of carbonyl (C=O) groups is 1. The Morgan fingerprint density at radius 1 is 0.968 bits per heavy atom. The largest absolute Gasteiger partial charge is 0.490 e. The standard InChI is InChI=1S/C27H33ClO3/c1-2-3-4-6-21-8-10-22(11-9-21)7-5-20-30-25-16-12-23(13-17-25)27(29)31-26-18-14-24(28)15-19-26/h5,7,12-19,21-22H,2-4,6,8-11,20H2,1H3. The SMILES string of the molecule is CCCCCC1CCC(C=CCOc2ccc(C(=O)Oc3ccc(Cl)cc3)cc2)CC1. The number of hydrogen-bond acceptors (Lipinski definition) is 3. The number of esters is 1. The number of allylic oxidation sites excluding steroid dienone is 1. The lowest BCUT2D eigenvalue weighted by molar-refractivity contribution is 0.0734. The van der Waals surface area contributed by atoms with Gasteiger partial charge in [-0.05, 0) is 86.1 Å². The molecule has 1 aliphatic carbocycles. The van der Waals surface area contributed by atoms with E-state index < -0.39 is 5.97 Å². The summed E-state index contributed by atoms with van der Waals surface area (Å²) in [4.78, 5) is 12.2. The van der Waals surface area contributed by atoms with E-state index in [4.69, 9.17) is 21.1 Å². The van der Waals surface area contributed by atoms with Crippen molar-refractivity contribution in [2.75, 3.05) is 6.61 Å². The predicted octanol–water partition coefficient (Wildman–Crippen LogP) is 7.88. The molecule has 0 aromatic heterocycles. The third-order valence-corrected chi connectivity index (χ3v) is 6.23. The molecular formula is C27H33ClO3. The molecule has 0 radical (unpaired) electrons. The average Bonchev–Trinajstić information content (AvgIpc) is 2.80. The highest BCUT2D eigenvalue weighted by molar-refractivity contribution is 6.30. The molecule has 0 saturated heterocycles. The number of hydrogen-bond donors (Lipinski definition) is 0.